The number of halogens is 2. The summed E-state index contributed by atoms with van der Waals surface area (Å²) in [4.78, 5) is 25.4. The minimum Gasteiger partial charge on any atom is -0.480 e. The van der Waals surface area contributed by atoms with Crippen molar-refractivity contribution in [1.82, 2.24) is 4.90 Å². The van der Waals surface area contributed by atoms with Crippen LogP contribution < -0.4 is 0 Å². The Labute approximate surface area is 134 Å². The maximum Gasteiger partial charge on any atom is 0.327 e. The molecule has 0 saturated carbocycles. The van der Waals surface area contributed by atoms with E-state index in [0.29, 0.717) is 10.2 Å². The molecule has 1 saturated heterocycles. The fourth-order valence-corrected chi connectivity index (χ4v) is 4.30. The number of rotatable bonds is 3. The number of hydrogen-bond donors (Lipinski definition) is 1. The maximum atomic E-state index is 14.0. The predicted octanol–water partition coefficient (Wildman–Crippen LogP) is 3.21. The van der Waals surface area contributed by atoms with Gasteiger partial charge in [-0.1, -0.05) is 19.9 Å². The molecule has 4 nitrogen and oxygen atoms in total. The van der Waals surface area contributed by atoms with Gasteiger partial charge < -0.3 is 10.0 Å². The van der Waals surface area contributed by atoms with E-state index < -0.39 is 23.7 Å². The molecule has 1 fully saturated rings. The van der Waals surface area contributed by atoms with Crippen LogP contribution in [0.3, 0.4) is 0 Å². The Morgan fingerprint density at radius 1 is 1.48 bits per heavy atom. The molecule has 1 aliphatic heterocycles. The van der Waals surface area contributed by atoms with E-state index in [-0.39, 0.29) is 16.9 Å². The molecule has 1 aromatic rings. The summed E-state index contributed by atoms with van der Waals surface area (Å²) in [5.41, 5.74) is -0.114. The van der Waals surface area contributed by atoms with E-state index in [1.807, 2.05) is 13.8 Å². The highest BCUT2D eigenvalue weighted by molar-refractivity contribution is 9.10. The van der Waals surface area contributed by atoms with Gasteiger partial charge in [0.05, 0.1) is 10.9 Å². The molecule has 2 rings (SSSR count). The zero-order chi connectivity index (χ0) is 15.7. The number of hydrogen-bond acceptors (Lipinski definition) is 3. The summed E-state index contributed by atoms with van der Waals surface area (Å²) in [5.74, 6) is -1.91. The first-order valence-electron chi connectivity index (χ1n) is 6.45. The lowest BCUT2D eigenvalue weighted by Crippen LogP contribution is -2.47. The van der Waals surface area contributed by atoms with Gasteiger partial charge in [0.15, 0.2) is 0 Å². The topological polar surface area (TPSA) is 57.6 Å². The summed E-state index contributed by atoms with van der Waals surface area (Å²) in [5, 5.41) is 9.03. The lowest BCUT2D eigenvalue weighted by Gasteiger charge is -2.30. The Morgan fingerprint density at radius 2 is 2.14 bits per heavy atom. The van der Waals surface area contributed by atoms with E-state index in [4.69, 9.17) is 0 Å². The van der Waals surface area contributed by atoms with E-state index in [9.17, 15) is 19.1 Å². The quantitative estimate of drug-likeness (QED) is 0.880. The van der Waals surface area contributed by atoms with Gasteiger partial charge in [0.1, 0.15) is 11.9 Å². The summed E-state index contributed by atoms with van der Waals surface area (Å²) in [6.45, 7) is 3.83. The number of carbonyl (C=O) groups is 2. The van der Waals surface area contributed by atoms with Gasteiger partial charge in [0.25, 0.3) is 5.91 Å². The van der Waals surface area contributed by atoms with E-state index in [2.05, 4.69) is 15.9 Å². The number of aliphatic carboxylic acids is 1. The van der Waals surface area contributed by atoms with Gasteiger partial charge >= 0.3 is 5.97 Å². The Bertz CT molecular complexity index is 561. The van der Waals surface area contributed by atoms with Crippen LogP contribution in [-0.4, -0.2) is 39.1 Å². The van der Waals surface area contributed by atoms with Crippen molar-refractivity contribution in [3.8, 4) is 0 Å². The summed E-state index contributed by atoms with van der Waals surface area (Å²) < 4.78 is 14.3. The molecule has 0 aliphatic carbocycles. The summed E-state index contributed by atoms with van der Waals surface area (Å²) in [7, 11) is 0. The molecule has 0 spiro atoms. The second-order valence-electron chi connectivity index (χ2n) is 5.13. The molecular weight excluding hydrogens is 361 g/mol. The van der Waals surface area contributed by atoms with Crippen LogP contribution in [0.25, 0.3) is 0 Å². The average molecular weight is 376 g/mol. The minimum absolute atomic E-state index is 0.0776. The summed E-state index contributed by atoms with van der Waals surface area (Å²) >= 11 is 4.58. The SMILES string of the molecule is CC(C)C1SCC(C(=O)O)N1C(=O)c1c(F)cccc1Br. The molecule has 1 N–H and O–H groups in total. The van der Waals surface area contributed by atoms with Crippen molar-refractivity contribution in [2.75, 3.05) is 5.75 Å². The van der Waals surface area contributed by atoms with E-state index in [1.165, 1.54) is 28.8 Å². The highest BCUT2D eigenvalue weighted by Gasteiger charge is 2.44. The van der Waals surface area contributed by atoms with Crippen molar-refractivity contribution in [1.29, 1.82) is 0 Å². The van der Waals surface area contributed by atoms with Gasteiger partial charge in [-0.15, -0.1) is 11.8 Å². The van der Waals surface area contributed by atoms with Crippen LogP contribution in [0.15, 0.2) is 22.7 Å². The number of amides is 1. The van der Waals surface area contributed by atoms with Crippen molar-refractivity contribution >= 4 is 39.6 Å². The van der Waals surface area contributed by atoms with Gasteiger partial charge in [-0.25, -0.2) is 9.18 Å². The van der Waals surface area contributed by atoms with Crippen molar-refractivity contribution in [3.63, 3.8) is 0 Å². The maximum absolute atomic E-state index is 14.0. The van der Waals surface area contributed by atoms with E-state index >= 15 is 0 Å². The molecule has 1 aliphatic rings. The Kier molecular flexibility index (Phi) is 4.93. The van der Waals surface area contributed by atoms with Crippen LogP contribution in [0.2, 0.25) is 0 Å². The van der Waals surface area contributed by atoms with Crippen LogP contribution in [-0.2, 0) is 4.79 Å². The number of benzene rings is 1. The molecule has 114 valence electrons. The molecule has 7 heteroatoms. The highest BCUT2D eigenvalue weighted by atomic mass is 79.9. The van der Waals surface area contributed by atoms with Crippen LogP contribution in [0, 0.1) is 11.7 Å². The van der Waals surface area contributed by atoms with Crippen LogP contribution in [0.1, 0.15) is 24.2 Å². The molecule has 1 heterocycles. The molecule has 0 aromatic heterocycles. The Morgan fingerprint density at radius 3 is 2.67 bits per heavy atom. The Balaban J connectivity index is 2.44. The first-order chi connectivity index (χ1) is 9.84. The van der Waals surface area contributed by atoms with Gasteiger partial charge in [-0.05, 0) is 34.0 Å². The highest BCUT2D eigenvalue weighted by Crippen LogP contribution is 2.36. The van der Waals surface area contributed by atoms with E-state index in [0.717, 1.165) is 0 Å². The van der Waals surface area contributed by atoms with Gasteiger partial charge in [0.2, 0.25) is 0 Å². The van der Waals surface area contributed by atoms with Gasteiger partial charge in [-0.3, -0.25) is 4.79 Å². The smallest absolute Gasteiger partial charge is 0.327 e. The zero-order valence-corrected chi connectivity index (χ0v) is 13.9. The third kappa shape index (κ3) is 3.08. The predicted molar refractivity (Wildman–Crippen MR) is 82.8 cm³/mol. The van der Waals surface area contributed by atoms with Gasteiger partial charge in [0, 0.05) is 10.2 Å². The number of carboxylic acid groups (broad SMARTS) is 1. The fraction of sp³-hybridized carbons (Fsp3) is 0.429. The minimum atomic E-state index is -1.06. The first-order valence-corrected chi connectivity index (χ1v) is 8.29. The first kappa shape index (κ1) is 16.3. The van der Waals surface area contributed by atoms with Crippen LogP contribution >= 0.6 is 27.7 Å². The number of carboxylic acids is 1. The van der Waals surface area contributed by atoms with Gasteiger partial charge in [-0.2, -0.15) is 0 Å². The zero-order valence-electron chi connectivity index (χ0n) is 11.5. The molecule has 1 amide bonds. The number of nitrogens with zero attached hydrogens (tertiary/aromatic N) is 1. The second kappa shape index (κ2) is 6.36. The monoisotopic (exact) mass is 375 g/mol. The summed E-state index contributed by atoms with van der Waals surface area (Å²) in [6.07, 6.45) is 0. The van der Waals surface area contributed by atoms with Crippen molar-refractivity contribution in [2.45, 2.75) is 25.3 Å². The Hall–Kier alpha value is -1.08. The lowest BCUT2D eigenvalue weighted by atomic mass is 10.1. The van der Waals surface area contributed by atoms with Crippen LogP contribution in [0.5, 0.6) is 0 Å². The molecule has 0 radical (unpaired) electrons. The van der Waals surface area contributed by atoms with Crippen molar-refractivity contribution in [2.24, 2.45) is 5.92 Å². The molecule has 0 bridgehead atoms. The second-order valence-corrected chi connectivity index (χ2v) is 7.14. The number of thioether (sulfide) groups is 1. The van der Waals surface area contributed by atoms with Crippen LogP contribution in [0.4, 0.5) is 4.39 Å². The van der Waals surface area contributed by atoms with E-state index in [1.54, 1.807) is 6.07 Å². The third-order valence-corrected chi connectivity index (χ3v) is 5.58. The molecule has 2 unspecified atom stereocenters. The molecule has 21 heavy (non-hydrogen) atoms. The van der Waals surface area contributed by atoms with Crippen molar-refractivity contribution in [3.05, 3.63) is 34.1 Å². The molecular formula is C14H15BrFNO3S. The third-order valence-electron chi connectivity index (χ3n) is 3.30. The normalized spacial score (nSPS) is 21.9. The van der Waals surface area contributed by atoms with Crippen molar-refractivity contribution < 1.29 is 19.1 Å². The fourth-order valence-electron chi connectivity index (χ4n) is 2.32. The standard InChI is InChI=1S/C14H15BrFNO3S/c1-7(2)13-17(10(6-21-13)14(19)20)12(18)11-8(15)4-3-5-9(11)16/h3-5,7,10,13H,6H2,1-2H3,(H,19,20). The largest absolute Gasteiger partial charge is 0.480 e. The lowest BCUT2D eigenvalue weighted by molar-refractivity contribution is -0.141. The number of carbonyl (C=O) groups excluding carboxylic acids is 1. The molecule has 2 atom stereocenters. The summed E-state index contributed by atoms with van der Waals surface area (Å²) in [6, 6.07) is 3.33. The average Bonchev–Trinajstić information content (AvgIpc) is 2.83. The molecule has 1 aromatic carbocycles.